The Morgan fingerprint density at radius 2 is 2.11 bits per heavy atom. The summed E-state index contributed by atoms with van der Waals surface area (Å²) < 4.78 is 13.0. The average molecular weight is 263 g/mol. The summed E-state index contributed by atoms with van der Waals surface area (Å²) in [6.07, 6.45) is 3.20. The van der Waals surface area contributed by atoms with Crippen molar-refractivity contribution < 1.29 is 4.39 Å². The third-order valence-electron chi connectivity index (χ3n) is 2.87. The highest BCUT2D eigenvalue weighted by molar-refractivity contribution is 7.11. The molecule has 3 rings (SSSR count). The van der Waals surface area contributed by atoms with Gasteiger partial charge >= 0.3 is 0 Å². The summed E-state index contributed by atoms with van der Waals surface area (Å²) in [6.45, 7) is 0.797. The maximum atomic E-state index is 13.0. The van der Waals surface area contributed by atoms with Gasteiger partial charge in [-0.05, 0) is 30.5 Å². The lowest BCUT2D eigenvalue weighted by Gasteiger charge is -1.97. The summed E-state index contributed by atoms with van der Waals surface area (Å²) in [6, 6.07) is 7.31. The summed E-state index contributed by atoms with van der Waals surface area (Å²) in [5, 5.41) is 13.6. The van der Waals surface area contributed by atoms with E-state index in [2.05, 4.69) is 15.5 Å². The molecule has 5 heteroatoms. The van der Waals surface area contributed by atoms with Gasteiger partial charge in [-0.3, -0.25) is 0 Å². The highest BCUT2D eigenvalue weighted by Crippen LogP contribution is 2.20. The van der Waals surface area contributed by atoms with E-state index in [0.717, 1.165) is 22.1 Å². The second-order valence-corrected chi connectivity index (χ2v) is 5.70. The zero-order valence-corrected chi connectivity index (χ0v) is 10.7. The molecule has 0 amide bonds. The fraction of sp³-hybridized carbons (Fsp3) is 0.385. The van der Waals surface area contributed by atoms with Crippen LogP contribution < -0.4 is 5.32 Å². The summed E-state index contributed by atoms with van der Waals surface area (Å²) >= 11 is 1.60. The van der Waals surface area contributed by atoms with Crippen LogP contribution in [-0.2, 0) is 13.0 Å². The fourth-order valence-corrected chi connectivity index (χ4v) is 2.60. The second kappa shape index (κ2) is 5.12. The van der Waals surface area contributed by atoms with E-state index in [-0.39, 0.29) is 5.82 Å². The van der Waals surface area contributed by atoms with Gasteiger partial charge in [-0.25, -0.2) is 4.39 Å². The molecule has 1 aromatic carbocycles. The van der Waals surface area contributed by atoms with Gasteiger partial charge in [0.15, 0.2) is 0 Å². The van der Waals surface area contributed by atoms with Crippen LogP contribution in [0, 0.1) is 5.82 Å². The zero-order chi connectivity index (χ0) is 12.4. The number of nitrogens with zero attached hydrogens (tertiary/aromatic N) is 2. The van der Waals surface area contributed by atoms with Crippen molar-refractivity contribution in [3.63, 3.8) is 0 Å². The molecule has 18 heavy (non-hydrogen) atoms. The van der Waals surface area contributed by atoms with Crippen molar-refractivity contribution in [2.45, 2.75) is 31.8 Å². The van der Waals surface area contributed by atoms with E-state index in [1.165, 1.54) is 18.9 Å². The normalized spacial score (nSPS) is 14.9. The van der Waals surface area contributed by atoms with E-state index >= 15 is 0 Å². The number of hydrogen-bond acceptors (Lipinski definition) is 4. The molecule has 0 spiro atoms. The van der Waals surface area contributed by atoms with Crippen molar-refractivity contribution in [2.24, 2.45) is 0 Å². The van der Waals surface area contributed by atoms with Gasteiger partial charge in [0, 0.05) is 19.0 Å². The molecule has 1 fully saturated rings. The Morgan fingerprint density at radius 3 is 2.89 bits per heavy atom. The maximum Gasteiger partial charge on any atom is 0.131 e. The molecule has 0 unspecified atom stereocenters. The van der Waals surface area contributed by atoms with Crippen LogP contribution in [0.25, 0.3) is 0 Å². The molecular weight excluding hydrogens is 249 g/mol. The minimum absolute atomic E-state index is 0.201. The van der Waals surface area contributed by atoms with E-state index in [4.69, 9.17) is 0 Å². The molecule has 1 saturated carbocycles. The second-order valence-electron chi connectivity index (χ2n) is 4.55. The van der Waals surface area contributed by atoms with E-state index in [1.54, 1.807) is 23.5 Å². The molecular formula is C13H14FN3S. The first-order valence-corrected chi connectivity index (χ1v) is 6.90. The summed E-state index contributed by atoms with van der Waals surface area (Å²) in [5.74, 6) is -0.201. The molecule has 3 nitrogen and oxygen atoms in total. The van der Waals surface area contributed by atoms with Crippen LogP contribution in [0.2, 0.25) is 0 Å². The number of hydrogen-bond donors (Lipinski definition) is 1. The first-order valence-electron chi connectivity index (χ1n) is 6.09. The van der Waals surface area contributed by atoms with Gasteiger partial charge in [0.2, 0.25) is 0 Å². The lowest BCUT2D eigenvalue weighted by Crippen LogP contribution is -2.14. The lowest BCUT2D eigenvalue weighted by molar-refractivity contribution is 0.626. The molecule has 1 aromatic heterocycles. The van der Waals surface area contributed by atoms with Crippen molar-refractivity contribution >= 4 is 11.3 Å². The topological polar surface area (TPSA) is 37.8 Å². The minimum Gasteiger partial charge on any atom is -0.308 e. The number of benzene rings is 1. The molecule has 0 atom stereocenters. The first-order chi connectivity index (χ1) is 8.79. The highest BCUT2D eigenvalue weighted by Gasteiger charge is 2.20. The largest absolute Gasteiger partial charge is 0.308 e. The summed E-state index contributed by atoms with van der Waals surface area (Å²) in [4.78, 5) is 0. The molecule has 94 valence electrons. The quantitative estimate of drug-likeness (QED) is 0.900. The van der Waals surface area contributed by atoms with Gasteiger partial charge in [-0.15, -0.1) is 10.2 Å². The standard InChI is InChI=1S/C13H14FN3S/c14-10-3-1-2-9(6-10)7-12-16-17-13(18-12)8-15-11-4-5-11/h1-3,6,11,15H,4-5,7-8H2. The Morgan fingerprint density at radius 1 is 1.28 bits per heavy atom. The molecule has 0 saturated heterocycles. The van der Waals surface area contributed by atoms with Gasteiger partial charge in [0.05, 0.1) is 0 Å². The van der Waals surface area contributed by atoms with Gasteiger partial charge in [0.25, 0.3) is 0 Å². The van der Waals surface area contributed by atoms with E-state index in [1.807, 2.05) is 6.07 Å². The summed E-state index contributed by atoms with van der Waals surface area (Å²) in [5.41, 5.74) is 0.938. The van der Waals surface area contributed by atoms with Gasteiger partial charge in [0.1, 0.15) is 15.8 Å². The Kier molecular flexibility index (Phi) is 3.34. The SMILES string of the molecule is Fc1cccc(Cc2nnc(CNC3CC3)s2)c1. The Balaban J connectivity index is 1.61. The predicted molar refractivity (Wildman–Crippen MR) is 69.0 cm³/mol. The van der Waals surface area contributed by atoms with Crippen molar-refractivity contribution in [2.75, 3.05) is 0 Å². The van der Waals surface area contributed by atoms with Crippen molar-refractivity contribution in [1.82, 2.24) is 15.5 Å². The third kappa shape index (κ3) is 3.11. The Hall–Kier alpha value is -1.33. The van der Waals surface area contributed by atoms with Crippen LogP contribution in [0.1, 0.15) is 28.4 Å². The Bertz CT molecular complexity index is 537. The van der Waals surface area contributed by atoms with E-state index in [0.29, 0.717) is 12.5 Å². The predicted octanol–water partition coefficient (Wildman–Crippen LogP) is 2.52. The lowest BCUT2D eigenvalue weighted by atomic mass is 10.1. The van der Waals surface area contributed by atoms with E-state index < -0.39 is 0 Å². The molecule has 1 aliphatic carbocycles. The van der Waals surface area contributed by atoms with Gasteiger partial charge in [-0.1, -0.05) is 23.5 Å². The minimum atomic E-state index is -0.201. The van der Waals surface area contributed by atoms with E-state index in [9.17, 15) is 4.39 Å². The zero-order valence-electron chi connectivity index (χ0n) is 9.90. The van der Waals surface area contributed by atoms with Crippen LogP contribution in [0.15, 0.2) is 24.3 Å². The third-order valence-corrected chi connectivity index (χ3v) is 3.80. The van der Waals surface area contributed by atoms with Crippen LogP contribution in [0.5, 0.6) is 0 Å². The number of aromatic nitrogens is 2. The fourth-order valence-electron chi connectivity index (χ4n) is 1.77. The van der Waals surface area contributed by atoms with Crippen molar-refractivity contribution in [1.29, 1.82) is 0 Å². The molecule has 0 radical (unpaired) electrons. The molecule has 0 bridgehead atoms. The number of rotatable bonds is 5. The summed E-state index contributed by atoms with van der Waals surface area (Å²) in [7, 11) is 0. The van der Waals surface area contributed by atoms with Crippen molar-refractivity contribution in [3.8, 4) is 0 Å². The van der Waals surface area contributed by atoms with Crippen LogP contribution in [-0.4, -0.2) is 16.2 Å². The average Bonchev–Trinajstić information content (AvgIpc) is 3.08. The van der Waals surface area contributed by atoms with Crippen LogP contribution in [0.3, 0.4) is 0 Å². The Labute approximate surface area is 109 Å². The molecule has 2 aromatic rings. The van der Waals surface area contributed by atoms with Crippen LogP contribution in [0.4, 0.5) is 4.39 Å². The van der Waals surface area contributed by atoms with Gasteiger partial charge < -0.3 is 5.32 Å². The monoisotopic (exact) mass is 263 g/mol. The first kappa shape index (κ1) is 11.7. The maximum absolute atomic E-state index is 13.0. The highest BCUT2D eigenvalue weighted by atomic mass is 32.1. The smallest absolute Gasteiger partial charge is 0.131 e. The molecule has 1 heterocycles. The molecule has 1 aliphatic rings. The van der Waals surface area contributed by atoms with Crippen LogP contribution >= 0.6 is 11.3 Å². The number of nitrogens with one attached hydrogen (secondary N) is 1. The molecule has 0 aliphatic heterocycles. The number of halogens is 1. The van der Waals surface area contributed by atoms with Gasteiger partial charge in [-0.2, -0.15) is 0 Å². The molecule has 1 N–H and O–H groups in total. The van der Waals surface area contributed by atoms with Crippen molar-refractivity contribution in [3.05, 3.63) is 45.7 Å².